The molecule has 0 spiro atoms. The average molecular weight is 305 g/mol. The van der Waals surface area contributed by atoms with Crippen molar-refractivity contribution in [2.75, 3.05) is 38.2 Å². The summed E-state index contributed by atoms with van der Waals surface area (Å²) in [6.07, 6.45) is 1.71. The van der Waals surface area contributed by atoms with Gasteiger partial charge in [-0.2, -0.15) is 0 Å². The zero-order valence-corrected chi connectivity index (χ0v) is 13.6. The Hall–Kier alpha value is -1.59. The van der Waals surface area contributed by atoms with Crippen LogP contribution in [-0.2, 0) is 4.79 Å². The third-order valence-corrected chi connectivity index (χ3v) is 4.35. The molecule has 1 heterocycles. The fourth-order valence-electron chi connectivity index (χ4n) is 2.93. The first-order chi connectivity index (χ1) is 10.6. The van der Waals surface area contributed by atoms with Crippen molar-refractivity contribution < 1.29 is 10.0 Å². The Morgan fingerprint density at radius 3 is 2.41 bits per heavy atom. The fourth-order valence-corrected chi connectivity index (χ4v) is 2.93. The molecule has 1 aromatic carbocycles. The van der Waals surface area contributed by atoms with E-state index in [1.165, 1.54) is 6.42 Å². The normalized spacial score (nSPS) is 17.3. The summed E-state index contributed by atoms with van der Waals surface area (Å²) in [5.41, 5.74) is 3.90. The summed E-state index contributed by atoms with van der Waals surface area (Å²) in [7, 11) is 0. The number of benzene rings is 1. The van der Waals surface area contributed by atoms with E-state index in [2.05, 4.69) is 24.2 Å². The Labute approximate surface area is 132 Å². The number of hydrogen-bond donors (Lipinski definition) is 2. The van der Waals surface area contributed by atoms with Crippen LogP contribution in [0.2, 0.25) is 0 Å². The quantitative estimate of drug-likeness (QED) is 0.793. The minimum absolute atomic E-state index is 0.189. The molecule has 0 radical (unpaired) electrons. The second-order valence-electron chi connectivity index (χ2n) is 6.06. The molecule has 5 nitrogen and oxygen atoms in total. The van der Waals surface area contributed by atoms with Crippen molar-refractivity contribution in [1.82, 2.24) is 9.80 Å². The van der Waals surface area contributed by atoms with Gasteiger partial charge in [-0.3, -0.25) is 20.4 Å². The molecule has 1 aromatic rings. The monoisotopic (exact) mass is 305 g/mol. The molecule has 0 saturated carbocycles. The third-order valence-electron chi connectivity index (χ3n) is 4.35. The molecule has 1 unspecified atom stereocenters. The number of nitrogens with one attached hydrogen (secondary N) is 1. The summed E-state index contributed by atoms with van der Waals surface area (Å²) in [5.74, 6) is 0.432. The highest BCUT2D eigenvalue weighted by Crippen LogP contribution is 2.22. The van der Waals surface area contributed by atoms with Gasteiger partial charge in [-0.05, 0) is 36.6 Å². The SMILES string of the molecule is CCCN1CCN(C(=O)CC(C)c2ccc(NO)cc2)CC1. The van der Waals surface area contributed by atoms with Gasteiger partial charge < -0.3 is 4.90 Å². The largest absolute Gasteiger partial charge is 0.340 e. The van der Waals surface area contributed by atoms with E-state index in [-0.39, 0.29) is 11.8 Å². The highest BCUT2D eigenvalue weighted by atomic mass is 16.5. The van der Waals surface area contributed by atoms with Crippen molar-refractivity contribution in [3.05, 3.63) is 29.8 Å². The molecule has 0 bridgehead atoms. The molecule has 2 rings (SSSR count). The molecule has 22 heavy (non-hydrogen) atoms. The Kier molecular flexibility index (Phi) is 6.21. The molecule has 1 aliphatic rings. The maximum Gasteiger partial charge on any atom is 0.223 e. The van der Waals surface area contributed by atoms with Gasteiger partial charge in [0.25, 0.3) is 0 Å². The number of carbonyl (C=O) groups is 1. The average Bonchev–Trinajstić information content (AvgIpc) is 2.55. The lowest BCUT2D eigenvalue weighted by atomic mass is 9.97. The minimum Gasteiger partial charge on any atom is -0.340 e. The predicted molar refractivity (Wildman–Crippen MR) is 88.2 cm³/mol. The van der Waals surface area contributed by atoms with Crippen molar-refractivity contribution in [2.45, 2.75) is 32.6 Å². The summed E-state index contributed by atoms with van der Waals surface area (Å²) in [6, 6.07) is 7.55. The molecule has 0 aliphatic carbocycles. The molecule has 1 aliphatic heterocycles. The molecule has 1 saturated heterocycles. The van der Waals surface area contributed by atoms with Crippen LogP contribution >= 0.6 is 0 Å². The van der Waals surface area contributed by atoms with E-state index in [0.717, 1.165) is 38.3 Å². The zero-order chi connectivity index (χ0) is 15.9. The van der Waals surface area contributed by atoms with E-state index >= 15 is 0 Å². The van der Waals surface area contributed by atoms with Crippen LogP contribution in [0, 0.1) is 0 Å². The molecule has 1 atom stereocenters. The summed E-state index contributed by atoms with van der Waals surface area (Å²) in [6.45, 7) is 9.07. The van der Waals surface area contributed by atoms with Crippen LogP contribution in [0.25, 0.3) is 0 Å². The van der Waals surface area contributed by atoms with Crippen LogP contribution in [0.4, 0.5) is 5.69 Å². The number of hydrogen-bond acceptors (Lipinski definition) is 4. The van der Waals surface area contributed by atoms with E-state index in [1.807, 2.05) is 29.2 Å². The fraction of sp³-hybridized carbons (Fsp3) is 0.588. The summed E-state index contributed by atoms with van der Waals surface area (Å²) >= 11 is 0. The van der Waals surface area contributed by atoms with Crippen molar-refractivity contribution in [3.8, 4) is 0 Å². The molecule has 5 heteroatoms. The molecule has 0 aromatic heterocycles. The minimum atomic E-state index is 0.189. The van der Waals surface area contributed by atoms with Gasteiger partial charge in [0, 0.05) is 32.6 Å². The van der Waals surface area contributed by atoms with Gasteiger partial charge in [-0.15, -0.1) is 0 Å². The smallest absolute Gasteiger partial charge is 0.223 e. The second-order valence-corrected chi connectivity index (χ2v) is 6.06. The summed E-state index contributed by atoms with van der Waals surface area (Å²) in [5, 5.41) is 8.83. The van der Waals surface area contributed by atoms with E-state index < -0.39 is 0 Å². The van der Waals surface area contributed by atoms with Gasteiger partial charge in [-0.1, -0.05) is 26.0 Å². The van der Waals surface area contributed by atoms with Crippen LogP contribution < -0.4 is 5.48 Å². The van der Waals surface area contributed by atoms with Crippen LogP contribution in [-0.4, -0.2) is 53.6 Å². The Morgan fingerprint density at radius 2 is 1.86 bits per heavy atom. The number of amides is 1. The standard InChI is InChI=1S/C17H27N3O2/c1-3-8-19-9-11-20(12-10-19)17(21)13-14(2)15-4-6-16(18-22)7-5-15/h4-7,14,18,22H,3,8-13H2,1-2H3. The first kappa shape index (κ1) is 16.8. The number of carbonyl (C=O) groups excluding carboxylic acids is 1. The van der Waals surface area contributed by atoms with Crippen LogP contribution in [0.1, 0.15) is 38.2 Å². The number of anilines is 1. The number of piperazine rings is 1. The second kappa shape index (κ2) is 8.15. The van der Waals surface area contributed by atoms with Gasteiger partial charge in [-0.25, -0.2) is 0 Å². The van der Waals surface area contributed by atoms with E-state index in [0.29, 0.717) is 12.1 Å². The molecular formula is C17H27N3O2. The van der Waals surface area contributed by atoms with Crippen LogP contribution in [0.15, 0.2) is 24.3 Å². The van der Waals surface area contributed by atoms with E-state index in [1.54, 1.807) is 0 Å². The molecule has 1 fully saturated rings. The van der Waals surface area contributed by atoms with Crippen LogP contribution in [0.5, 0.6) is 0 Å². The lowest BCUT2D eigenvalue weighted by molar-refractivity contribution is -0.133. The van der Waals surface area contributed by atoms with E-state index in [9.17, 15) is 4.79 Å². The first-order valence-electron chi connectivity index (χ1n) is 8.14. The van der Waals surface area contributed by atoms with E-state index in [4.69, 9.17) is 5.21 Å². The molecule has 122 valence electrons. The van der Waals surface area contributed by atoms with Crippen molar-refractivity contribution in [1.29, 1.82) is 0 Å². The van der Waals surface area contributed by atoms with Gasteiger partial charge >= 0.3 is 0 Å². The summed E-state index contributed by atoms with van der Waals surface area (Å²) in [4.78, 5) is 16.8. The predicted octanol–water partition coefficient (Wildman–Crippen LogP) is 2.54. The highest BCUT2D eigenvalue weighted by molar-refractivity contribution is 5.77. The maximum atomic E-state index is 12.4. The number of nitrogens with zero attached hydrogens (tertiary/aromatic N) is 2. The Balaban J connectivity index is 1.83. The van der Waals surface area contributed by atoms with Gasteiger partial charge in [0.2, 0.25) is 5.91 Å². The molecular weight excluding hydrogens is 278 g/mol. The van der Waals surface area contributed by atoms with Crippen molar-refractivity contribution in [2.24, 2.45) is 0 Å². The lowest BCUT2D eigenvalue weighted by Gasteiger charge is -2.35. The Morgan fingerprint density at radius 1 is 1.23 bits per heavy atom. The molecule has 2 N–H and O–H groups in total. The van der Waals surface area contributed by atoms with Gasteiger partial charge in [0.1, 0.15) is 0 Å². The first-order valence-corrected chi connectivity index (χ1v) is 8.14. The lowest BCUT2D eigenvalue weighted by Crippen LogP contribution is -2.48. The van der Waals surface area contributed by atoms with Gasteiger partial charge in [0.05, 0.1) is 5.69 Å². The topological polar surface area (TPSA) is 55.8 Å². The Bertz CT molecular complexity index is 467. The van der Waals surface area contributed by atoms with Crippen molar-refractivity contribution in [3.63, 3.8) is 0 Å². The van der Waals surface area contributed by atoms with Gasteiger partial charge in [0.15, 0.2) is 0 Å². The highest BCUT2D eigenvalue weighted by Gasteiger charge is 2.22. The zero-order valence-electron chi connectivity index (χ0n) is 13.6. The molecule has 1 amide bonds. The van der Waals surface area contributed by atoms with Crippen LogP contribution in [0.3, 0.4) is 0 Å². The number of rotatable bonds is 6. The third kappa shape index (κ3) is 4.45. The van der Waals surface area contributed by atoms with Crippen molar-refractivity contribution >= 4 is 11.6 Å². The summed E-state index contributed by atoms with van der Waals surface area (Å²) < 4.78 is 0. The maximum absolute atomic E-state index is 12.4.